The van der Waals surface area contributed by atoms with Crippen LogP contribution in [-0.4, -0.2) is 28.6 Å². The van der Waals surface area contributed by atoms with Crippen molar-refractivity contribution in [1.82, 2.24) is 0 Å². The van der Waals surface area contributed by atoms with Gasteiger partial charge >= 0.3 is 6.16 Å². The summed E-state index contributed by atoms with van der Waals surface area (Å²) in [7, 11) is 1.10. The number of carboxylic acid groups (broad SMARTS) is 1. The number of para-hydroxylation sites is 1. The molecular weight excluding hydrogens is 212 g/mol. The first-order valence-electron chi connectivity index (χ1n) is 4.79. The van der Waals surface area contributed by atoms with Gasteiger partial charge in [-0.25, -0.2) is 4.79 Å². The Kier molecular flexibility index (Phi) is 6.51. The normalized spacial score (nSPS) is 8.88. The second-order valence-corrected chi connectivity index (χ2v) is 3.00. The van der Waals surface area contributed by atoms with E-state index in [-0.39, 0.29) is 11.5 Å². The maximum atomic E-state index is 9.28. The molecule has 0 spiro atoms. The number of hydrogen-bond acceptors (Lipinski definition) is 4. The minimum atomic E-state index is -1.25. The first-order chi connectivity index (χ1) is 7.52. The van der Waals surface area contributed by atoms with E-state index >= 15 is 0 Å². The lowest BCUT2D eigenvalue weighted by molar-refractivity contribution is 0.114. The molecule has 0 aromatic heterocycles. The number of benzene rings is 1. The maximum Gasteiger partial charge on any atom is 0.505 e. The Morgan fingerprint density at radius 1 is 1.38 bits per heavy atom. The predicted molar refractivity (Wildman–Crippen MR) is 58.8 cm³/mol. The standard InChI is InChI=1S/C9H12O2.C2H4O3/c1-2-4-7-5-3-6-8(10)9(7)11;1-5-2(3)4/h3,5-6,10-11H,2,4H2,1H3;1H3,(H,3,4). The molecule has 0 saturated carbocycles. The van der Waals surface area contributed by atoms with Gasteiger partial charge in [-0.15, -0.1) is 0 Å². The fourth-order valence-corrected chi connectivity index (χ4v) is 1.05. The lowest BCUT2D eigenvalue weighted by Gasteiger charge is -2.03. The zero-order chi connectivity index (χ0) is 12.6. The van der Waals surface area contributed by atoms with Gasteiger partial charge in [-0.2, -0.15) is 0 Å². The van der Waals surface area contributed by atoms with E-state index in [1.54, 1.807) is 6.07 Å². The molecule has 0 amide bonds. The summed E-state index contributed by atoms with van der Waals surface area (Å²) in [5, 5.41) is 25.9. The van der Waals surface area contributed by atoms with E-state index in [1.807, 2.05) is 13.0 Å². The van der Waals surface area contributed by atoms with Gasteiger partial charge in [0.15, 0.2) is 11.5 Å². The molecule has 0 heterocycles. The summed E-state index contributed by atoms with van der Waals surface area (Å²) >= 11 is 0. The Morgan fingerprint density at radius 3 is 2.38 bits per heavy atom. The van der Waals surface area contributed by atoms with Crippen LogP contribution < -0.4 is 0 Å². The average molecular weight is 228 g/mol. The van der Waals surface area contributed by atoms with E-state index in [9.17, 15) is 5.11 Å². The molecule has 16 heavy (non-hydrogen) atoms. The van der Waals surface area contributed by atoms with Gasteiger partial charge in [-0.05, 0) is 18.1 Å². The third kappa shape index (κ3) is 5.09. The van der Waals surface area contributed by atoms with Crippen molar-refractivity contribution in [2.45, 2.75) is 19.8 Å². The van der Waals surface area contributed by atoms with Crippen LogP contribution in [0.2, 0.25) is 0 Å². The average Bonchev–Trinajstić information content (AvgIpc) is 2.26. The van der Waals surface area contributed by atoms with Gasteiger partial charge in [-0.3, -0.25) is 0 Å². The van der Waals surface area contributed by atoms with Gasteiger partial charge < -0.3 is 20.1 Å². The number of aryl methyl sites for hydroxylation is 1. The minimum Gasteiger partial charge on any atom is -0.504 e. The fraction of sp³-hybridized carbons (Fsp3) is 0.364. The summed E-state index contributed by atoms with van der Waals surface area (Å²) < 4.78 is 3.67. The molecular formula is C11H16O5. The van der Waals surface area contributed by atoms with Crippen molar-refractivity contribution in [3.05, 3.63) is 23.8 Å². The van der Waals surface area contributed by atoms with Gasteiger partial charge in [0, 0.05) is 0 Å². The highest BCUT2D eigenvalue weighted by molar-refractivity contribution is 5.56. The second kappa shape index (κ2) is 7.39. The Hall–Kier alpha value is -1.91. The molecule has 1 rings (SSSR count). The predicted octanol–water partition coefficient (Wildman–Crippen LogP) is 2.36. The SMILES string of the molecule is CCCc1cccc(O)c1O.COC(=O)O. The first-order valence-corrected chi connectivity index (χ1v) is 4.79. The monoisotopic (exact) mass is 228 g/mol. The number of phenols is 2. The van der Waals surface area contributed by atoms with Gasteiger partial charge in [0.25, 0.3) is 0 Å². The highest BCUT2D eigenvalue weighted by Gasteiger charge is 2.02. The molecule has 5 nitrogen and oxygen atoms in total. The Bertz CT molecular complexity index is 335. The van der Waals surface area contributed by atoms with Crippen molar-refractivity contribution in [2.24, 2.45) is 0 Å². The quantitative estimate of drug-likeness (QED) is 0.534. The second-order valence-electron chi connectivity index (χ2n) is 3.00. The first kappa shape index (κ1) is 14.1. The number of methoxy groups -OCH3 is 1. The number of phenolic OH excluding ortho intramolecular Hbond substituents is 2. The molecule has 0 aliphatic heterocycles. The Morgan fingerprint density at radius 2 is 1.94 bits per heavy atom. The molecule has 0 aliphatic carbocycles. The van der Waals surface area contributed by atoms with Gasteiger partial charge in [0.05, 0.1) is 7.11 Å². The summed E-state index contributed by atoms with van der Waals surface area (Å²) in [6, 6.07) is 5.03. The Balaban J connectivity index is 0.000000385. The molecule has 0 unspecified atom stereocenters. The van der Waals surface area contributed by atoms with Gasteiger partial charge in [0.1, 0.15) is 0 Å². The fourth-order valence-electron chi connectivity index (χ4n) is 1.05. The Labute approximate surface area is 93.9 Å². The van der Waals surface area contributed by atoms with Crippen LogP contribution in [-0.2, 0) is 11.2 Å². The largest absolute Gasteiger partial charge is 0.505 e. The molecule has 0 bridgehead atoms. The van der Waals surface area contributed by atoms with Crippen LogP contribution in [0.5, 0.6) is 11.5 Å². The van der Waals surface area contributed by atoms with E-state index in [2.05, 4.69) is 4.74 Å². The van der Waals surface area contributed by atoms with Crippen molar-refractivity contribution in [2.75, 3.05) is 7.11 Å². The van der Waals surface area contributed by atoms with E-state index in [0.29, 0.717) is 0 Å². The topological polar surface area (TPSA) is 87.0 Å². The number of aromatic hydroxyl groups is 2. The number of rotatable bonds is 2. The molecule has 90 valence electrons. The van der Waals surface area contributed by atoms with Crippen LogP contribution in [0, 0.1) is 0 Å². The van der Waals surface area contributed by atoms with Crippen LogP contribution in [0.1, 0.15) is 18.9 Å². The molecule has 0 atom stereocenters. The third-order valence-electron chi connectivity index (χ3n) is 1.79. The lowest BCUT2D eigenvalue weighted by Crippen LogP contribution is -1.91. The summed E-state index contributed by atoms with van der Waals surface area (Å²) in [5.74, 6) is -0.00898. The van der Waals surface area contributed by atoms with E-state index < -0.39 is 6.16 Å². The van der Waals surface area contributed by atoms with Crippen molar-refractivity contribution in [1.29, 1.82) is 0 Å². The third-order valence-corrected chi connectivity index (χ3v) is 1.79. The van der Waals surface area contributed by atoms with Gasteiger partial charge in [0.2, 0.25) is 0 Å². The summed E-state index contributed by atoms with van der Waals surface area (Å²) in [6.07, 6.45) is 0.530. The molecule has 0 radical (unpaired) electrons. The molecule has 5 heteroatoms. The number of ether oxygens (including phenoxy) is 1. The van der Waals surface area contributed by atoms with Crippen LogP contribution in [0.4, 0.5) is 4.79 Å². The molecule has 0 saturated heterocycles. The van der Waals surface area contributed by atoms with Crippen LogP contribution in [0.3, 0.4) is 0 Å². The van der Waals surface area contributed by atoms with E-state index in [0.717, 1.165) is 25.5 Å². The van der Waals surface area contributed by atoms with Gasteiger partial charge in [-0.1, -0.05) is 25.5 Å². The summed E-state index contributed by atoms with van der Waals surface area (Å²) in [5.41, 5.74) is 0.813. The number of hydrogen-bond donors (Lipinski definition) is 3. The van der Waals surface area contributed by atoms with Crippen molar-refractivity contribution < 1.29 is 24.9 Å². The van der Waals surface area contributed by atoms with Crippen LogP contribution in [0.25, 0.3) is 0 Å². The van der Waals surface area contributed by atoms with Crippen molar-refractivity contribution >= 4 is 6.16 Å². The highest BCUT2D eigenvalue weighted by atomic mass is 16.6. The maximum absolute atomic E-state index is 9.28. The summed E-state index contributed by atoms with van der Waals surface area (Å²) in [6.45, 7) is 2.03. The molecule has 1 aromatic carbocycles. The minimum absolute atomic E-state index is 0.0225. The van der Waals surface area contributed by atoms with E-state index in [4.69, 9.17) is 15.0 Å². The smallest absolute Gasteiger partial charge is 0.504 e. The van der Waals surface area contributed by atoms with Crippen LogP contribution >= 0.6 is 0 Å². The molecule has 1 aromatic rings. The lowest BCUT2D eigenvalue weighted by atomic mass is 10.1. The zero-order valence-electron chi connectivity index (χ0n) is 9.30. The molecule has 0 fully saturated rings. The molecule has 0 aliphatic rings. The van der Waals surface area contributed by atoms with Crippen LogP contribution in [0.15, 0.2) is 18.2 Å². The van der Waals surface area contributed by atoms with Crippen molar-refractivity contribution in [3.63, 3.8) is 0 Å². The number of carbonyl (C=O) groups is 1. The zero-order valence-corrected chi connectivity index (χ0v) is 9.30. The van der Waals surface area contributed by atoms with Crippen molar-refractivity contribution in [3.8, 4) is 11.5 Å². The highest BCUT2D eigenvalue weighted by Crippen LogP contribution is 2.28. The molecule has 3 N–H and O–H groups in total. The van der Waals surface area contributed by atoms with E-state index in [1.165, 1.54) is 6.07 Å². The summed E-state index contributed by atoms with van der Waals surface area (Å²) in [4.78, 5) is 9.15.